The number of phenolic OH excluding ortho intramolecular Hbond substituents is 1. The maximum absolute atomic E-state index is 10.3. The molecule has 2 N–H and O–H groups in total. The van der Waals surface area contributed by atoms with Gasteiger partial charge in [-0.1, -0.05) is 43.6 Å². The van der Waals surface area contributed by atoms with Crippen LogP contribution in [0.1, 0.15) is 19.4 Å². The molecule has 1 heterocycles. The zero-order valence-electron chi connectivity index (χ0n) is 17.0. The monoisotopic (exact) mass is 441 g/mol. The average molecular weight is 442 g/mol. The molecule has 3 aromatic carbocycles. The van der Waals surface area contributed by atoms with Crippen molar-refractivity contribution >= 4 is 57.2 Å². The number of pyridine rings is 1. The minimum absolute atomic E-state index is 0. The molecule has 156 valence electrons. The van der Waals surface area contributed by atoms with E-state index in [0.717, 1.165) is 51.8 Å². The Morgan fingerprint density at radius 2 is 1.67 bits per heavy atom. The highest BCUT2D eigenvalue weighted by molar-refractivity contribution is 6.31. The second-order valence-corrected chi connectivity index (χ2v) is 7.53. The highest BCUT2D eigenvalue weighted by Gasteiger charge is 2.12. The van der Waals surface area contributed by atoms with E-state index >= 15 is 0 Å². The fourth-order valence-corrected chi connectivity index (χ4v) is 3.79. The van der Waals surface area contributed by atoms with E-state index in [-0.39, 0.29) is 12.4 Å². The van der Waals surface area contributed by atoms with E-state index in [1.807, 2.05) is 48.5 Å². The number of aromatic nitrogens is 1. The molecule has 0 spiro atoms. The predicted molar refractivity (Wildman–Crippen MR) is 130 cm³/mol. The second-order valence-electron chi connectivity index (χ2n) is 7.10. The van der Waals surface area contributed by atoms with Crippen molar-refractivity contribution in [1.82, 2.24) is 9.88 Å². The van der Waals surface area contributed by atoms with Gasteiger partial charge in [-0.3, -0.25) is 4.90 Å². The molecule has 0 fully saturated rings. The molecule has 30 heavy (non-hydrogen) atoms. The van der Waals surface area contributed by atoms with Crippen molar-refractivity contribution < 1.29 is 5.11 Å². The smallest absolute Gasteiger partial charge is 0.120 e. The minimum Gasteiger partial charge on any atom is -0.508 e. The molecular weight excluding hydrogens is 417 g/mol. The number of fused-ring (bicyclic) bond motifs is 2. The van der Waals surface area contributed by atoms with Crippen molar-refractivity contribution in [3.05, 3.63) is 71.2 Å². The Hall–Kier alpha value is -2.53. The average Bonchev–Trinajstić information content (AvgIpc) is 2.73. The van der Waals surface area contributed by atoms with Crippen LogP contribution < -0.4 is 5.32 Å². The SMILES string of the molecule is CCN(CC)Cc1cc(Nc2c3ccccc3nc3cc(Cl)ccc23)ccc1O.Cl. The molecule has 4 nitrogen and oxygen atoms in total. The number of hydrogen-bond donors (Lipinski definition) is 2. The zero-order valence-corrected chi connectivity index (χ0v) is 18.6. The van der Waals surface area contributed by atoms with Crippen LogP contribution >= 0.6 is 24.0 Å². The van der Waals surface area contributed by atoms with Crippen molar-refractivity contribution in [3.63, 3.8) is 0 Å². The van der Waals surface area contributed by atoms with Gasteiger partial charge in [-0.2, -0.15) is 0 Å². The third-order valence-corrected chi connectivity index (χ3v) is 5.52. The van der Waals surface area contributed by atoms with Gasteiger partial charge in [0, 0.05) is 33.6 Å². The summed E-state index contributed by atoms with van der Waals surface area (Å²) in [5.74, 6) is 0.318. The molecule has 4 rings (SSSR count). The van der Waals surface area contributed by atoms with Crippen LogP contribution in [0.25, 0.3) is 21.8 Å². The fraction of sp³-hybridized carbons (Fsp3) is 0.208. The van der Waals surface area contributed by atoms with E-state index in [1.54, 1.807) is 6.07 Å². The summed E-state index contributed by atoms with van der Waals surface area (Å²) in [4.78, 5) is 7.04. The third-order valence-electron chi connectivity index (χ3n) is 5.28. The lowest BCUT2D eigenvalue weighted by Gasteiger charge is -2.20. The van der Waals surface area contributed by atoms with Gasteiger partial charge < -0.3 is 10.4 Å². The molecule has 0 saturated heterocycles. The van der Waals surface area contributed by atoms with E-state index < -0.39 is 0 Å². The number of halogens is 2. The lowest BCUT2D eigenvalue weighted by Crippen LogP contribution is -2.22. The topological polar surface area (TPSA) is 48.4 Å². The molecule has 1 aromatic heterocycles. The number of hydrogen-bond acceptors (Lipinski definition) is 4. The molecule has 0 aliphatic carbocycles. The van der Waals surface area contributed by atoms with Gasteiger partial charge in [0.05, 0.1) is 16.7 Å². The quantitative estimate of drug-likeness (QED) is 0.256. The van der Waals surface area contributed by atoms with Crippen LogP contribution in [0.5, 0.6) is 5.75 Å². The van der Waals surface area contributed by atoms with Crippen LogP contribution in [0.2, 0.25) is 5.02 Å². The summed E-state index contributed by atoms with van der Waals surface area (Å²) >= 11 is 6.20. The molecule has 4 aromatic rings. The molecule has 0 saturated carbocycles. The Kier molecular flexibility index (Phi) is 7.03. The Morgan fingerprint density at radius 3 is 2.43 bits per heavy atom. The zero-order chi connectivity index (χ0) is 20.4. The largest absolute Gasteiger partial charge is 0.508 e. The molecule has 0 bridgehead atoms. The molecule has 6 heteroatoms. The summed E-state index contributed by atoms with van der Waals surface area (Å²) in [5, 5.41) is 16.6. The first kappa shape index (κ1) is 22.2. The highest BCUT2D eigenvalue weighted by atomic mass is 35.5. The Balaban J connectivity index is 0.00000256. The summed E-state index contributed by atoms with van der Waals surface area (Å²) in [7, 11) is 0. The van der Waals surface area contributed by atoms with Gasteiger partial charge in [-0.15, -0.1) is 12.4 Å². The lowest BCUT2D eigenvalue weighted by molar-refractivity contribution is 0.291. The van der Waals surface area contributed by atoms with Gasteiger partial charge in [0.2, 0.25) is 0 Å². The van der Waals surface area contributed by atoms with E-state index in [4.69, 9.17) is 16.6 Å². The van der Waals surface area contributed by atoms with Gasteiger partial charge >= 0.3 is 0 Å². The summed E-state index contributed by atoms with van der Waals surface area (Å²) in [6.45, 7) is 6.84. The number of benzene rings is 3. The summed E-state index contributed by atoms with van der Waals surface area (Å²) in [5.41, 5.74) is 4.58. The number of nitrogens with zero attached hydrogens (tertiary/aromatic N) is 2. The van der Waals surface area contributed by atoms with E-state index in [9.17, 15) is 5.11 Å². The van der Waals surface area contributed by atoms with Crippen LogP contribution in [0.4, 0.5) is 11.4 Å². The summed E-state index contributed by atoms with van der Waals surface area (Å²) in [6, 6.07) is 19.5. The van der Waals surface area contributed by atoms with Crippen LogP contribution in [0.15, 0.2) is 60.7 Å². The van der Waals surface area contributed by atoms with Crippen molar-refractivity contribution in [2.75, 3.05) is 18.4 Å². The molecule has 0 unspecified atom stereocenters. The number of nitrogens with one attached hydrogen (secondary N) is 1. The molecular formula is C24H25Cl2N3O. The number of para-hydroxylation sites is 1. The second kappa shape index (κ2) is 9.52. The summed E-state index contributed by atoms with van der Waals surface area (Å²) < 4.78 is 0. The fourth-order valence-electron chi connectivity index (χ4n) is 3.62. The normalized spacial score (nSPS) is 11.1. The highest BCUT2D eigenvalue weighted by Crippen LogP contribution is 2.35. The van der Waals surface area contributed by atoms with E-state index in [0.29, 0.717) is 17.3 Å². The van der Waals surface area contributed by atoms with Crippen molar-refractivity contribution in [2.45, 2.75) is 20.4 Å². The molecule has 0 aliphatic rings. The summed E-state index contributed by atoms with van der Waals surface area (Å²) in [6.07, 6.45) is 0. The van der Waals surface area contributed by atoms with Crippen molar-refractivity contribution in [3.8, 4) is 5.75 Å². The first-order valence-electron chi connectivity index (χ1n) is 9.88. The van der Waals surface area contributed by atoms with Crippen LogP contribution in [0.3, 0.4) is 0 Å². The minimum atomic E-state index is 0. The number of anilines is 2. The first-order valence-corrected chi connectivity index (χ1v) is 10.3. The van der Waals surface area contributed by atoms with Crippen molar-refractivity contribution in [2.24, 2.45) is 0 Å². The molecule has 0 aliphatic heterocycles. The van der Waals surface area contributed by atoms with E-state index in [2.05, 4.69) is 30.1 Å². The number of phenols is 1. The Bertz CT molecular complexity index is 1180. The van der Waals surface area contributed by atoms with Crippen LogP contribution in [0, 0.1) is 0 Å². The maximum atomic E-state index is 10.3. The van der Waals surface area contributed by atoms with Crippen LogP contribution in [-0.4, -0.2) is 28.1 Å². The number of rotatable bonds is 6. The Labute approximate surface area is 187 Å². The first-order chi connectivity index (χ1) is 14.1. The van der Waals surface area contributed by atoms with Gasteiger partial charge in [-0.25, -0.2) is 4.98 Å². The molecule has 0 amide bonds. The maximum Gasteiger partial charge on any atom is 0.120 e. The number of aromatic hydroxyl groups is 1. The lowest BCUT2D eigenvalue weighted by atomic mass is 10.1. The molecule has 0 radical (unpaired) electrons. The van der Waals surface area contributed by atoms with Crippen LogP contribution in [-0.2, 0) is 6.54 Å². The van der Waals surface area contributed by atoms with Gasteiger partial charge in [-0.05, 0) is 55.6 Å². The van der Waals surface area contributed by atoms with E-state index in [1.165, 1.54) is 0 Å². The standard InChI is InChI=1S/C24H24ClN3O.ClH/c1-3-28(4-2)15-16-13-18(10-12-23(16)29)26-24-19-7-5-6-8-21(19)27-22-14-17(25)9-11-20(22)24;/h5-14,29H,3-4,15H2,1-2H3,(H,26,27);1H. The van der Waals surface area contributed by atoms with Gasteiger partial charge in [0.1, 0.15) is 5.75 Å². The molecule has 0 atom stereocenters. The third kappa shape index (κ3) is 4.46. The van der Waals surface area contributed by atoms with Gasteiger partial charge in [0.25, 0.3) is 0 Å². The van der Waals surface area contributed by atoms with Crippen molar-refractivity contribution in [1.29, 1.82) is 0 Å². The predicted octanol–water partition coefficient (Wildman–Crippen LogP) is 6.75. The van der Waals surface area contributed by atoms with Gasteiger partial charge in [0.15, 0.2) is 0 Å². The Morgan fingerprint density at radius 1 is 0.933 bits per heavy atom.